The van der Waals surface area contributed by atoms with Crippen LogP contribution in [-0.2, 0) is 11.0 Å². The lowest BCUT2D eigenvalue weighted by molar-refractivity contribution is 0.505. The molecule has 2 heterocycles. The summed E-state index contributed by atoms with van der Waals surface area (Å²) in [6.45, 7) is 0. The first-order chi connectivity index (χ1) is 13.9. The molecule has 9 heteroatoms. The Bertz CT molecular complexity index is 1210. The summed E-state index contributed by atoms with van der Waals surface area (Å²) in [4.78, 5) is 14.2. The zero-order chi connectivity index (χ0) is 20.5. The molecule has 0 spiro atoms. The van der Waals surface area contributed by atoms with E-state index in [-0.39, 0.29) is 4.90 Å². The van der Waals surface area contributed by atoms with Gasteiger partial charge < -0.3 is 14.6 Å². The Morgan fingerprint density at radius 1 is 1.00 bits per heavy atom. The monoisotopic (exact) mass is 413 g/mol. The van der Waals surface area contributed by atoms with Gasteiger partial charge in [0.1, 0.15) is 16.6 Å². The van der Waals surface area contributed by atoms with Crippen LogP contribution in [0.3, 0.4) is 0 Å². The maximum absolute atomic E-state index is 13.4. The molecule has 2 N–H and O–H groups in total. The molecule has 0 saturated heterocycles. The summed E-state index contributed by atoms with van der Waals surface area (Å²) in [7, 11) is 2.02. The number of anilines is 2. The van der Waals surface area contributed by atoms with Crippen molar-refractivity contribution in [1.82, 2.24) is 15.0 Å². The van der Waals surface area contributed by atoms with E-state index in [0.29, 0.717) is 11.6 Å². The molecule has 2 aromatic carbocycles. The highest BCUT2D eigenvalue weighted by Crippen LogP contribution is 2.28. The fraction of sp³-hybridized carbons (Fsp3) is 0.100. The van der Waals surface area contributed by atoms with E-state index in [4.69, 9.17) is 0 Å². The number of hydrogen-bond acceptors (Lipinski definition) is 4. The maximum Gasteiger partial charge on any atom is 0.227 e. The Morgan fingerprint density at radius 2 is 1.76 bits per heavy atom. The predicted octanol–water partition coefficient (Wildman–Crippen LogP) is 4.10. The first-order valence-electron chi connectivity index (χ1n) is 8.69. The Balaban J connectivity index is 1.61. The molecule has 0 aliphatic carbocycles. The number of aromatic amines is 1. The van der Waals surface area contributed by atoms with Crippen LogP contribution in [0.15, 0.2) is 59.6 Å². The molecule has 148 valence electrons. The van der Waals surface area contributed by atoms with E-state index in [9.17, 15) is 13.0 Å². The van der Waals surface area contributed by atoms with E-state index in [1.165, 1.54) is 6.07 Å². The number of H-pyrrole nitrogens is 1. The first-order valence-corrected chi connectivity index (χ1v) is 9.84. The maximum atomic E-state index is 13.4. The highest BCUT2D eigenvalue weighted by molar-refractivity contribution is 7.86. The summed E-state index contributed by atoms with van der Waals surface area (Å²) >= 11 is 0. The van der Waals surface area contributed by atoms with Gasteiger partial charge in [-0.3, -0.25) is 0 Å². The molecule has 0 radical (unpaired) electrons. The summed E-state index contributed by atoms with van der Waals surface area (Å²) in [5.41, 5.74) is 2.95. The Hall–Kier alpha value is -3.33. The minimum atomic E-state index is -1.72. The van der Waals surface area contributed by atoms with Gasteiger partial charge in [0.2, 0.25) is 5.95 Å². The number of rotatable bonds is 5. The molecule has 29 heavy (non-hydrogen) atoms. The van der Waals surface area contributed by atoms with Crippen LogP contribution in [0.5, 0.6) is 0 Å². The van der Waals surface area contributed by atoms with Crippen molar-refractivity contribution in [1.29, 1.82) is 0 Å². The molecule has 0 bridgehead atoms. The van der Waals surface area contributed by atoms with Crippen LogP contribution in [0.2, 0.25) is 0 Å². The van der Waals surface area contributed by atoms with Crippen LogP contribution in [0.1, 0.15) is 0 Å². The minimum absolute atomic E-state index is 0.147. The second kappa shape index (κ2) is 7.59. The van der Waals surface area contributed by atoms with Crippen molar-refractivity contribution in [3.63, 3.8) is 0 Å². The predicted molar refractivity (Wildman–Crippen MR) is 110 cm³/mol. The van der Waals surface area contributed by atoms with Crippen LogP contribution >= 0.6 is 0 Å². The van der Waals surface area contributed by atoms with Gasteiger partial charge >= 0.3 is 0 Å². The first kappa shape index (κ1) is 19.0. The third kappa shape index (κ3) is 3.81. The molecule has 4 aromatic rings. The summed E-state index contributed by atoms with van der Waals surface area (Å²) in [5, 5.41) is 0.890. The van der Waals surface area contributed by atoms with E-state index < -0.39 is 22.6 Å². The smallest absolute Gasteiger partial charge is 0.227 e. The summed E-state index contributed by atoms with van der Waals surface area (Å²) in [6, 6.07) is 12.3. The van der Waals surface area contributed by atoms with Crippen molar-refractivity contribution < 1.29 is 13.0 Å². The lowest BCUT2D eigenvalue weighted by Gasteiger charge is -2.13. The third-order valence-electron chi connectivity index (χ3n) is 4.28. The SMILES string of the molecule is CN(C)c1nc(-c2ccc(NS(=O)c3ccc(F)c(F)c3)cc2)c2cc[nH]c2n1. The van der Waals surface area contributed by atoms with E-state index in [1.807, 2.05) is 43.4 Å². The normalized spacial score (nSPS) is 12.1. The standard InChI is InChI=1S/C20H17F2N5OS/c1-27(2)20-24-18(15-9-10-23-19(15)25-20)12-3-5-13(6-4-12)26-29(28)14-7-8-16(21)17(22)11-14/h3-11,26H,1-2H3,(H,23,24,25). The number of aromatic nitrogens is 3. The van der Waals surface area contributed by atoms with Gasteiger partial charge in [0.25, 0.3) is 0 Å². The van der Waals surface area contributed by atoms with Gasteiger partial charge in [-0.05, 0) is 36.4 Å². The van der Waals surface area contributed by atoms with Crippen molar-refractivity contribution in [2.45, 2.75) is 4.90 Å². The second-order valence-electron chi connectivity index (χ2n) is 6.53. The fourth-order valence-corrected chi connectivity index (χ4v) is 3.67. The molecular weight excluding hydrogens is 396 g/mol. The molecule has 0 aliphatic heterocycles. The fourth-order valence-electron chi connectivity index (χ4n) is 2.80. The topological polar surface area (TPSA) is 73.9 Å². The Kier molecular flexibility index (Phi) is 4.98. The van der Waals surface area contributed by atoms with E-state index >= 15 is 0 Å². The summed E-state index contributed by atoms with van der Waals surface area (Å²) in [5.74, 6) is -1.44. The molecule has 0 aliphatic rings. The number of benzene rings is 2. The van der Waals surface area contributed by atoms with Gasteiger partial charge in [-0.2, -0.15) is 4.98 Å². The minimum Gasteiger partial charge on any atom is -0.347 e. The molecule has 1 unspecified atom stereocenters. The van der Waals surface area contributed by atoms with Gasteiger partial charge in [-0.1, -0.05) is 12.1 Å². The number of nitrogens with zero attached hydrogens (tertiary/aromatic N) is 3. The van der Waals surface area contributed by atoms with Crippen molar-refractivity contribution in [2.75, 3.05) is 23.7 Å². The number of nitrogens with one attached hydrogen (secondary N) is 2. The van der Waals surface area contributed by atoms with Crippen LogP contribution < -0.4 is 9.62 Å². The molecule has 1 atom stereocenters. The van der Waals surface area contributed by atoms with Gasteiger partial charge in [-0.15, -0.1) is 0 Å². The largest absolute Gasteiger partial charge is 0.347 e. The van der Waals surface area contributed by atoms with Crippen LogP contribution in [0.4, 0.5) is 20.4 Å². The molecule has 0 amide bonds. The van der Waals surface area contributed by atoms with Gasteiger partial charge in [0.15, 0.2) is 11.6 Å². The molecular formula is C20H17F2N5OS. The second-order valence-corrected chi connectivity index (χ2v) is 7.74. The van der Waals surface area contributed by atoms with Crippen molar-refractivity contribution in [3.8, 4) is 11.3 Å². The van der Waals surface area contributed by atoms with Crippen LogP contribution in [0.25, 0.3) is 22.3 Å². The Morgan fingerprint density at radius 3 is 2.45 bits per heavy atom. The number of halogens is 2. The zero-order valence-electron chi connectivity index (χ0n) is 15.6. The van der Waals surface area contributed by atoms with Crippen molar-refractivity contribution >= 4 is 33.7 Å². The quantitative estimate of drug-likeness (QED) is 0.517. The average molecular weight is 413 g/mol. The average Bonchev–Trinajstić information content (AvgIpc) is 3.18. The van der Waals surface area contributed by atoms with Crippen LogP contribution in [-0.4, -0.2) is 33.3 Å². The van der Waals surface area contributed by atoms with Gasteiger partial charge in [0, 0.05) is 36.9 Å². The highest BCUT2D eigenvalue weighted by Gasteiger charge is 2.13. The molecule has 2 aromatic heterocycles. The number of fused-ring (bicyclic) bond motifs is 1. The lowest BCUT2D eigenvalue weighted by Crippen LogP contribution is -2.13. The zero-order valence-corrected chi connectivity index (χ0v) is 16.4. The molecule has 0 saturated carbocycles. The Labute approximate surface area is 168 Å². The molecule has 0 fully saturated rings. The van der Waals surface area contributed by atoms with E-state index in [1.54, 1.807) is 12.1 Å². The van der Waals surface area contributed by atoms with Gasteiger partial charge in [-0.25, -0.2) is 18.0 Å². The van der Waals surface area contributed by atoms with Crippen molar-refractivity contribution in [3.05, 3.63) is 66.4 Å². The lowest BCUT2D eigenvalue weighted by atomic mass is 10.1. The van der Waals surface area contributed by atoms with E-state index in [0.717, 1.165) is 34.4 Å². The third-order valence-corrected chi connectivity index (χ3v) is 5.38. The summed E-state index contributed by atoms with van der Waals surface area (Å²) in [6.07, 6.45) is 1.81. The highest BCUT2D eigenvalue weighted by atomic mass is 32.2. The summed E-state index contributed by atoms with van der Waals surface area (Å²) < 4.78 is 41.6. The van der Waals surface area contributed by atoms with Gasteiger partial charge in [0.05, 0.1) is 10.6 Å². The molecule has 4 rings (SSSR count). The van der Waals surface area contributed by atoms with Crippen LogP contribution in [0, 0.1) is 11.6 Å². The van der Waals surface area contributed by atoms with Crippen molar-refractivity contribution in [2.24, 2.45) is 0 Å². The molecule has 6 nitrogen and oxygen atoms in total. The number of hydrogen-bond donors (Lipinski definition) is 2. The van der Waals surface area contributed by atoms with E-state index in [2.05, 4.69) is 19.7 Å².